The summed E-state index contributed by atoms with van der Waals surface area (Å²) < 4.78 is 5.21. The number of hydrogen-bond acceptors (Lipinski definition) is 4. The van der Waals surface area contributed by atoms with Gasteiger partial charge in [0.25, 0.3) is 0 Å². The molecule has 1 saturated heterocycles. The van der Waals surface area contributed by atoms with Crippen LogP contribution in [0.25, 0.3) is 0 Å². The number of nitrogen functional groups attached to an aromatic ring is 1. The fourth-order valence-electron chi connectivity index (χ4n) is 2.03. The molecule has 1 fully saturated rings. The van der Waals surface area contributed by atoms with Crippen molar-refractivity contribution in [2.45, 2.75) is 12.8 Å². The van der Waals surface area contributed by atoms with Crippen LogP contribution in [0.15, 0.2) is 18.2 Å². The highest BCUT2D eigenvalue weighted by molar-refractivity contribution is 7.99. The van der Waals surface area contributed by atoms with Gasteiger partial charge in [-0.15, -0.1) is 0 Å². The average molecular weight is 252 g/mol. The van der Waals surface area contributed by atoms with E-state index in [1.165, 1.54) is 24.3 Å². The van der Waals surface area contributed by atoms with E-state index in [2.05, 4.69) is 17.1 Å². The van der Waals surface area contributed by atoms with E-state index in [-0.39, 0.29) is 0 Å². The third-order valence-corrected chi connectivity index (χ3v) is 4.22. The maximum atomic E-state index is 5.78. The number of hydrogen-bond donors (Lipinski definition) is 2. The van der Waals surface area contributed by atoms with Crippen molar-refractivity contribution >= 4 is 23.1 Å². The Morgan fingerprint density at radius 3 is 2.88 bits per heavy atom. The second kappa shape index (κ2) is 6.05. The molecule has 1 heterocycles. The van der Waals surface area contributed by atoms with Crippen LogP contribution in [0.5, 0.6) is 5.75 Å². The van der Waals surface area contributed by atoms with Crippen LogP contribution in [0.1, 0.15) is 12.8 Å². The predicted octanol–water partition coefficient (Wildman–Crippen LogP) is 2.83. The molecular weight excluding hydrogens is 232 g/mol. The minimum absolute atomic E-state index is 0.687. The van der Waals surface area contributed by atoms with Crippen molar-refractivity contribution in [1.29, 1.82) is 0 Å². The van der Waals surface area contributed by atoms with E-state index in [9.17, 15) is 0 Å². The van der Waals surface area contributed by atoms with Gasteiger partial charge < -0.3 is 15.8 Å². The Bertz CT molecular complexity index is 364. The number of nitrogens with one attached hydrogen (secondary N) is 1. The zero-order chi connectivity index (χ0) is 12.1. The van der Waals surface area contributed by atoms with Gasteiger partial charge in [0.2, 0.25) is 0 Å². The molecule has 0 unspecified atom stereocenters. The van der Waals surface area contributed by atoms with Crippen LogP contribution in [0.4, 0.5) is 11.4 Å². The van der Waals surface area contributed by atoms with E-state index < -0.39 is 0 Å². The number of ether oxygens (including phenoxy) is 1. The van der Waals surface area contributed by atoms with Crippen molar-refractivity contribution in [2.75, 3.05) is 36.2 Å². The zero-order valence-electron chi connectivity index (χ0n) is 10.2. The van der Waals surface area contributed by atoms with Crippen molar-refractivity contribution in [2.24, 2.45) is 5.92 Å². The van der Waals surface area contributed by atoms with E-state index in [4.69, 9.17) is 10.5 Å². The molecule has 0 bridgehead atoms. The van der Waals surface area contributed by atoms with Gasteiger partial charge in [0.15, 0.2) is 0 Å². The Labute approximate surface area is 107 Å². The first-order chi connectivity index (χ1) is 8.29. The van der Waals surface area contributed by atoms with Gasteiger partial charge in [-0.1, -0.05) is 0 Å². The lowest BCUT2D eigenvalue weighted by atomic mass is 10.0. The monoisotopic (exact) mass is 252 g/mol. The van der Waals surface area contributed by atoms with Gasteiger partial charge in [-0.25, -0.2) is 0 Å². The van der Waals surface area contributed by atoms with Crippen molar-refractivity contribution in [3.63, 3.8) is 0 Å². The van der Waals surface area contributed by atoms with Crippen LogP contribution in [0.3, 0.4) is 0 Å². The summed E-state index contributed by atoms with van der Waals surface area (Å²) in [5, 5.41) is 3.47. The fourth-order valence-corrected chi connectivity index (χ4v) is 3.24. The summed E-state index contributed by atoms with van der Waals surface area (Å²) in [4.78, 5) is 0. The number of methoxy groups -OCH3 is 1. The SMILES string of the molecule is COc1cc(NCC2CCSCC2)ccc1N. The second-order valence-corrected chi connectivity index (χ2v) is 5.62. The maximum absolute atomic E-state index is 5.78. The summed E-state index contributed by atoms with van der Waals surface area (Å²) in [7, 11) is 1.65. The first kappa shape index (κ1) is 12.4. The van der Waals surface area contributed by atoms with Crippen molar-refractivity contribution in [3.05, 3.63) is 18.2 Å². The quantitative estimate of drug-likeness (QED) is 0.809. The fraction of sp³-hybridized carbons (Fsp3) is 0.538. The van der Waals surface area contributed by atoms with Crippen LogP contribution < -0.4 is 15.8 Å². The van der Waals surface area contributed by atoms with Crippen molar-refractivity contribution in [3.8, 4) is 5.75 Å². The number of anilines is 2. The summed E-state index contributed by atoms with van der Waals surface area (Å²) in [5.74, 6) is 4.16. The Morgan fingerprint density at radius 1 is 1.41 bits per heavy atom. The highest BCUT2D eigenvalue weighted by Gasteiger charge is 2.13. The topological polar surface area (TPSA) is 47.3 Å². The standard InChI is InChI=1S/C13H20N2OS/c1-16-13-8-11(2-3-12(13)14)15-9-10-4-6-17-7-5-10/h2-3,8,10,15H,4-7,9,14H2,1H3. The van der Waals surface area contributed by atoms with Gasteiger partial charge in [-0.3, -0.25) is 0 Å². The third-order valence-electron chi connectivity index (χ3n) is 3.17. The zero-order valence-corrected chi connectivity index (χ0v) is 11.1. The molecule has 94 valence electrons. The van der Waals surface area contributed by atoms with Gasteiger partial charge in [-0.2, -0.15) is 11.8 Å². The van der Waals surface area contributed by atoms with Gasteiger partial charge >= 0.3 is 0 Å². The molecule has 3 nitrogen and oxygen atoms in total. The van der Waals surface area contributed by atoms with E-state index in [1.807, 2.05) is 18.2 Å². The number of nitrogens with two attached hydrogens (primary N) is 1. The normalized spacial score (nSPS) is 16.8. The van der Waals surface area contributed by atoms with Gasteiger partial charge in [-0.05, 0) is 42.4 Å². The first-order valence-electron chi connectivity index (χ1n) is 6.04. The Kier molecular flexibility index (Phi) is 4.42. The van der Waals surface area contributed by atoms with Crippen LogP contribution in [0.2, 0.25) is 0 Å². The van der Waals surface area contributed by atoms with Crippen LogP contribution in [-0.2, 0) is 0 Å². The lowest BCUT2D eigenvalue weighted by molar-refractivity contribution is 0.417. The molecule has 0 amide bonds. The largest absolute Gasteiger partial charge is 0.495 e. The summed E-state index contributed by atoms with van der Waals surface area (Å²) >= 11 is 2.06. The number of thioether (sulfide) groups is 1. The molecule has 0 aromatic heterocycles. The Balaban J connectivity index is 1.89. The molecule has 1 aromatic rings. The smallest absolute Gasteiger partial charge is 0.143 e. The van der Waals surface area contributed by atoms with Crippen LogP contribution in [0, 0.1) is 5.92 Å². The van der Waals surface area contributed by atoms with Gasteiger partial charge in [0.1, 0.15) is 5.75 Å². The molecule has 0 aliphatic carbocycles. The highest BCUT2D eigenvalue weighted by atomic mass is 32.2. The van der Waals surface area contributed by atoms with E-state index in [1.54, 1.807) is 7.11 Å². The Morgan fingerprint density at radius 2 is 2.18 bits per heavy atom. The summed E-state index contributed by atoms with van der Waals surface area (Å²) in [6.45, 7) is 1.05. The average Bonchev–Trinajstić information content (AvgIpc) is 2.39. The predicted molar refractivity (Wildman–Crippen MR) is 75.9 cm³/mol. The second-order valence-electron chi connectivity index (χ2n) is 4.39. The van der Waals surface area contributed by atoms with Crippen molar-refractivity contribution < 1.29 is 4.74 Å². The van der Waals surface area contributed by atoms with Gasteiger partial charge in [0.05, 0.1) is 12.8 Å². The molecule has 1 aliphatic heterocycles. The minimum Gasteiger partial charge on any atom is -0.495 e. The molecule has 0 atom stereocenters. The number of rotatable bonds is 4. The number of benzene rings is 1. The molecule has 4 heteroatoms. The molecule has 17 heavy (non-hydrogen) atoms. The van der Waals surface area contributed by atoms with E-state index in [0.29, 0.717) is 5.69 Å². The molecule has 1 aliphatic rings. The van der Waals surface area contributed by atoms with Crippen LogP contribution >= 0.6 is 11.8 Å². The third kappa shape index (κ3) is 3.46. The molecule has 1 aromatic carbocycles. The first-order valence-corrected chi connectivity index (χ1v) is 7.20. The molecular formula is C13H20N2OS. The minimum atomic E-state index is 0.687. The lowest BCUT2D eigenvalue weighted by Gasteiger charge is -2.22. The molecule has 0 radical (unpaired) electrons. The van der Waals surface area contributed by atoms with Gasteiger partial charge in [0, 0.05) is 18.3 Å². The van der Waals surface area contributed by atoms with Crippen LogP contribution in [-0.4, -0.2) is 25.2 Å². The molecule has 3 N–H and O–H groups in total. The molecule has 0 spiro atoms. The van der Waals surface area contributed by atoms with Crippen molar-refractivity contribution in [1.82, 2.24) is 0 Å². The van der Waals surface area contributed by atoms with E-state index >= 15 is 0 Å². The molecule has 0 saturated carbocycles. The summed E-state index contributed by atoms with van der Waals surface area (Å²) in [6, 6.07) is 5.86. The lowest BCUT2D eigenvalue weighted by Crippen LogP contribution is -2.19. The molecule has 2 rings (SSSR count). The summed E-state index contributed by atoms with van der Waals surface area (Å²) in [5.41, 5.74) is 7.56. The maximum Gasteiger partial charge on any atom is 0.143 e. The highest BCUT2D eigenvalue weighted by Crippen LogP contribution is 2.26. The summed E-state index contributed by atoms with van der Waals surface area (Å²) in [6.07, 6.45) is 2.65. The van der Waals surface area contributed by atoms with E-state index in [0.717, 1.165) is 23.9 Å². The Hall–Kier alpha value is -1.03.